The standard InChI is InChI=1S/C16H19ClN2O2S/c1-2-3-11-18-14-7-9-15(10-8-14)19-22(20,21)16-6-4-5-13(17)12-16/h4-10,12,18-19H,2-3,11H2,1H3. The number of halogens is 1. The summed E-state index contributed by atoms with van der Waals surface area (Å²) in [6, 6.07) is 13.3. The SMILES string of the molecule is CCCCNc1ccc(NS(=O)(=O)c2cccc(Cl)c2)cc1. The lowest BCUT2D eigenvalue weighted by Crippen LogP contribution is -2.12. The van der Waals surface area contributed by atoms with Crippen LogP contribution in [0.5, 0.6) is 0 Å². The predicted molar refractivity (Wildman–Crippen MR) is 92.1 cm³/mol. The van der Waals surface area contributed by atoms with Crippen LogP contribution in [0.2, 0.25) is 5.02 Å². The Balaban J connectivity index is 2.06. The molecule has 0 radical (unpaired) electrons. The molecule has 0 unspecified atom stereocenters. The summed E-state index contributed by atoms with van der Waals surface area (Å²) in [4.78, 5) is 0.144. The molecule has 0 fully saturated rings. The van der Waals surface area contributed by atoms with E-state index < -0.39 is 10.0 Å². The highest BCUT2D eigenvalue weighted by atomic mass is 35.5. The van der Waals surface area contributed by atoms with Crippen LogP contribution in [-0.4, -0.2) is 15.0 Å². The van der Waals surface area contributed by atoms with Crippen LogP contribution >= 0.6 is 11.6 Å². The summed E-state index contributed by atoms with van der Waals surface area (Å²) in [6.45, 7) is 3.04. The minimum Gasteiger partial charge on any atom is -0.385 e. The second kappa shape index (κ2) is 7.51. The molecule has 2 aromatic rings. The molecular weight excluding hydrogens is 320 g/mol. The van der Waals surface area contributed by atoms with Crippen molar-refractivity contribution in [3.05, 3.63) is 53.6 Å². The lowest BCUT2D eigenvalue weighted by molar-refractivity contribution is 0.601. The molecule has 22 heavy (non-hydrogen) atoms. The number of anilines is 2. The van der Waals surface area contributed by atoms with Crippen molar-refractivity contribution >= 4 is 33.0 Å². The topological polar surface area (TPSA) is 58.2 Å². The molecule has 0 bridgehead atoms. The monoisotopic (exact) mass is 338 g/mol. The van der Waals surface area contributed by atoms with Crippen molar-refractivity contribution in [2.45, 2.75) is 24.7 Å². The van der Waals surface area contributed by atoms with Gasteiger partial charge in [-0.15, -0.1) is 0 Å². The Bertz CT molecular complexity index is 715. The molecule has 2 N–H and O–H groups in total. The molecule has 0 atom stereocenters. The van der Waals surface area contributed by atoms with Crippen LogP contribution in [0.25, 0.3) is 0 Å². The third kappa shape index (κ3) is 4.64. The molecule has 0 aliphatic heterocycles. The lowest BCUT2D eigenvalue weighted by Gasteiger charge is -2.10. The highest BCUT2D eigenvalue weighted by Gasteiger charge is 2.14. The summed E-state index contributed by atoms with van der Waals surface area (Å²) < 4.78 is 27.1. The van der Waals surface area contributed by atoms with Crippen LogP contribution in [-0.2, 0) is 10.0 Å². The average Bonchev–Trinajstić information content (AvgIpc) is 2.49. The summed E-state index contributed by atoms with van der Waals surface area (Å²) >= 11 is 5.83. The summed E-state index contributed by atoms with van der Waals surface area (Å²) in [7, 11) is -3.62. The molecule has 0 heterocycles. The quantitative estimate of drug-likeness (QED) is 0.738. The van der Waals surface area contributed by atoms with Crippen molar-refractivity contribution in [1.82, 2.24) is 0 Å². The zero-order valence-electron chi connectivity index (χ0n) is 12.3. The number of hydrogen-bond acceptors (Lipinski definition) is 3. The molecule has 0 amide bonds. The van der Waals surface area contributed by atoms with E-state index in [1.165, 1.54) is 12.1 Å². The molecule has 0 aliphatic rings. The Labute approximate surface area is 136 Å². The van der Waals surface area contributed by atoms with Crippen LogP contribution in [0.15, 0.2) is 53.4 Å². The fourth-order valence-electron chi connectivity index (χ4n) is 1.91. The van der Waals surface area contributed by atoms with Gasteiger partial charge in [-0.05, 0) is 48.9 Å². The first-order chi connectivity index (χ1) is 10.5. The van der Waals surface area contributed by atoms with E-state index in [2.05, 4.69) is 17.0 Å². The van der Waals surface area contributed by atoms with Gasteiger partial charge in [-0.1, -0.05) is 31.0 Å². The molecule has 0 spiro atoms. The van der Waals surface area contributed by atoms with Gasteiger partial charge in [-0.3, -0.25) is 4.72 Å². The Morgan fingerprint density at radius 1 is 1.05 bits per heavy atom. The third-order valence-electron chi connectivity index (χ3n) is 3.10. The van der Waals surface area contributed by atoms with Crippen LogP contribution in [0.3, 0.4) is 0 Å². The van der Waals surface area contributed by atoms with Gasteiger partial charge >= 0.3 is 0 Å². The zero-order chi connectivity index (χ0) is 16.0. The number of nitrogens with one attached hydrogen (secondary N) is 2. The van der Waals surface area contributed by atoms with Crippen molar-refractivity contribution in [2.24, 2.45) is 0 Å². The van der Waals surface area contributed by atoms with Gasteiger partial charge in [0.25, 0.3) is 10.0 Å². The first-order valence-electron chi connectivity index (χ1n) is 7.13. The number of rotatable bonds is 7. The van der Waals surface area contributed by atoms with E-state index in [0.29, 0.717) is 10.7 Å². The Morgan fingerprint density at radius 3 is 2.36 bits per heavy atom. The highest BCUT2D eigenvalue weighted by Crippen LogP contribution is 2.20. The Hall–Kier alpha value is -1.72. The average molecular weight is 339 g/mol. The van der Waals surface area contributed by atoms with Gasteiger partial charge in [0.2, 0.25) is 0 Å². The van der Waals surface area contributed by atoms with Crippen molar-refractivity contribution in [3.63, 3.8) is 0 Å². The first-order valence-corrected chi connectivity index (χ1v) is 9.00. The molecule has 4 nitrogen and oxygen atoms in total. The number of hydrogen-bond donors (Lipinski definition) is 2. The van der Waals surface area contributed by atoms with E-state index in [-0.39, 0.29) is 4.90 Å². The van der Waals surface area contributed by atoms with Crippen molar-refractivity contribution in [2.75, 3.05) is 16.6 Å². The number of unbranched alkanes of at least 4 members (excludes halogenated alkanes) is 1. The molecule has 0 aliphatic carbocycles. The van der Waals surface area contributed by atoms with Crippen LogP contribution < -0.4 is 10.0 Å². The van der Waals surface area contributed by atoms with E-state index in [4.69, 9.17) is 11.6 Å². The van der Waals surface area contributed by atoms with Crippen molar-refractivity contribution < 1.29 is 8.42 Å². The van der Waals surface area contributed by atoms with Gasteiger partial charge in [0, 0.05) is 22.9 Å². The van der Waals surface area contributed by atoms with Gasteiger partial charge in [0.05, 0.1) is 4.90 Å². The summed E-state index contributed by atoms with van der Waals surface area (Å²) in [5, 5.41) is 3.67. The van der Waals surface area contributed by atoms with Gasteiger partial charge in [-0.2, -0.15) is 0 Å². The number of sulfonamides is 1. The first kappa shape index (κ1) is 16.6. The van der Waals surface area contributed by atoms with Gasteiger partial charge in [-0.25, -0.2) is 8.42 Å². The minimum atomic E-state index is -3.62. The maximum absolute atomic E-state index is 12.3. The maximum Gasteiger partial charge on any atom is 0.261 e. The molecule has 0 aromatic heterocycles. The molecule has 0 saturated heterocycles. The lowest BCUT2D eigenvalue weighted by atomic mass is 10.2. The summed E-state index contributed by atoms with van der Waals surface area (Å²) in [5.74, 6) is 0. The van der Waals surface area contributed by atoms with Gasteiger partial charge < -0.3 is 5.32 Å². The second-order valence-electron chi connectivity index (χ2n) is 4.92. The molecule has 2 aromatic carbocycles. The van der Waals surface area contributed by atoms with Crippen molar-refractivity contribution in [1.29, 1.82) is 0 Å². The predicted octanol–water partition coefficient (Wildman–Crippen LogP) is 4.35. The largest absolute Gasteiger partial charge is 0.385 e. The Kier molecular flexibility index (Phi) is 5.69. The van der Waals surface area contributed by atoms with Crippen LogP contribution in [0.1, 0.15) is 19.8 Å². The van der Waals surface area contributed by atoms with E-state index in [1.807, 2.05) is 12.1 Å². The van der Waals surface area contributed by atoms with Gasteiger partial charge in [0.1, 0.15) is 0 Å². The molecule has 2 rings (SSSR count). The Morgan fingerprint density at radius 2 is 1.73 bits per heavy atom. The third-order valence-corrected chi connectivity index (χ3v) is 4.72. The van der Waals surface area contributed by atoms with E-state index in [0.717, 1.165) is 25.1 Å². The minimum absolute atomic E-state index is 0.144. The maximum atomic E-state index is 12.3. The van der Waals surface area contributed by atoms with Crippen LogP contribution in [0.4, 0.5) is 11.4 Å². The van der Waals surface area contributed by atoms with Gasteiger partial charge in [0.15, 0.2) is 0 Å². The summed E-state index contributed by atoms with van der Waals surface area (Å²) in [5.41, 5.74) is 1.49. The fraction of sp³-hybridized carbons (Fsp3) is 0.250. The molecular formula is C16H19ClN2O2S. The summed E-state index contributed by atoms with van der Waals surface area (Å²) in [6.07, 6.45) is 2.23. The zero-order valence-corrected chi connectivity index (χ0v) is 13.9. The normalized spacial score (nSPS) is 11.2. The molecule has 0 saturated carbocycles. The van der Waals surface area contributed by atoms with E-state index >= 15 is 0 Å². The number of benzene rings is 2. The van der Waals surface area contributed by atoms with E-state index in [1.54, 1.807) is 24.3 Å². The van der Waals surface area contributed by atoms with E-state index in [9.17, 15) is 8.42 Å². The fourth-order valence-corrected chi connectivity index (χ4v) is 3.27. The molecule has 118 valence electrons. The molecule has 6 heteroatoms. The smallest absolute Gasteiger partial charge is 0.261 e. The van der Waals surface area contributed by atoms with Crippen molar-refractivity contribution in [3.8, 4) is 0 Å². The highest BCUT2D eigenvalue weighted by molar-refractivity contribution is 7.92. The second-order valence-corrected chi connectivity index (χ2v) is 7.04. The van der Waals surface area contributed by atoms with Crippen LogP contribution in [0, 0.1) is 0 Å².